The average Bonchev–Trinajstić information content (AvgIpc) is 3.23. The topological polar surface area (TPSA) is 280 Å². The van der Waals surface area contributed by atoms with Crippen molar-refractivity contribution in [2.45, 2.75) is 124 Å². The molecule has 0 aliphatic rings. The zero-order valence-electron chi connectivity index (χ0n) is 43.1. The summed E-state index contributed by atoms with van der Waals surface area (Å²) in [5.74, 6) is 2.21. The Balaban J connectivity index is 1.78. The number of nitrogens with two attached hydrogens (primary N) is 6. The highest BCUT2D eigenvalue weighted by Crippen LogP contribution is 2.44. The number of carbonyl (C=O) groups is 3. The van der Waals surface area contributed by atoms with Crippen LogP contribution in [-0.2, 0) is 21.7 Å². The van der Waals surface area contributed by atoms with Crippen molar-refractivity contribution in [1.29, 1.82) is 0 Å². The number of urea groups is 3. The number of amides is 6. The number of carbonyl (C=O) groups excluding carboxylic acids is 3. The Kier molecular flexibility index (Phi) is 20.6. The number of nitrogen functional groups attached to an aromatic ring is 2. The van der Waals surface area contributed by atoms with Crippen molar-refractivity contribution in [1.82, 2.24) is 0 Å². The number of rotatable bonds is 18. The summed E-state index contributed by atoms with van der Waals surface area (Å²) in [5, 5.41) is 18.6. The van der Waals surface area contributed by atoms with Crippen LogP contribution in [0.25, 0.3) is 0 Å². The Hall–Kier alpha value is -4.47. The second-order valence-corrected chi connectivity index (χ2v) is 25.4. The summed E-state index contributed by atoms with van der Waals surface area (Å²) < 4.78 is 0. The van der Waals surface area contributed by atoms with E-state index in [1.807, 2.05) is 48.5 Å². The van der Waals surface area contributed by atoms with E-state index in [1.54, 1.807) is 0 Å². The van der Waals surface area contributed by atoms with Crippen molar-refractivity contribution in [2.75, 3.05) is 92.6 Å². The van der Waals surface area contributed by atoms with Crippen LogP contribution >= 0.6 is 47.0 Å². The molecule has 0 aliphatic carbocycles. The van der Waals surface area contributed by atoms with Crippen molar-refractivity contribution >= 4 is 111 Å². The molecular weight excluding hydrogens is 957 g/mol. The van der Waals surface area contributed by atoms with Crippen LogP contribution in [0, 0.1) is 0 Å². The lowest BCUT2D eigenvalue weighted by molar-refractivity contribution is 0.261. The molecular formula is C51H78N12O3S4. The predicted molar refractivity (Wildman–Crippen MR) is 306 cm³/mol. The Morgan fingerprint density at radius 1 is 0.357 bits per heavy atom. The molecule has 0 radical (unpaired) electrons. The van der Waals surface area contributed by atoms with E-state index >= 15 is 0 Å². The summed E-state index contributed by atoms with van der Waals surface area (Å²) in [7, 11) is 0. The minimum Gasteiger partial charge on any atom is -0.398 e. The highest BCUT2D eigenvalue weighted by molar-refractivity contribution is 8.00. The SMILES string of the molecule is CC(C)(C)c1cc(N)c(SCCN)c(NC(=O)Nc2cc(C(C)(C)C)cc(NC(=O)Nc3cc(C(C)(C)C)cc(NC(=O)Nc4cc(C(C)(C)C)cc(N)c4SCCN)c3SCCN)c2SCCN)c1. The summed E-state index contributed by atoms with van der Waals surface area (Å²) in [6.45, 7) is 26.4. The molecule has 0 aliphatic heterocycles. The van der Waals surface area contributed by atoms with Gasteiger partial charge in [0.05, 0.1) is 53.7 Å². The molecule has 4 aromatic carbocycles. The first-order valence-electron chi connectivity index (χ1n) is 23.4. The highest BCUT2D eigenvalue weighted by atomic mass is 32.2. The first-order valence-corrected chi connectivity index (χ1v) is 27.4. The van der Waals surface area contributed by atoms with Gasteiger partial charge in [-0.2, -0.15) is 0 Å². The fraction of sp³-hybridized carbons (Fsp3) is 0.471. The number of benzene rings is 4. The molecule has 4 aromatic rings. The smallest absolute Gasteiger partial charge is 0.323 e. The monoisotopic (exact) mass is 1030 g/mol. The van der Waals surface area contributed by atoms with Crippen molar-refractivity contribution in [3.8, 4) is 0 Å². The third-order valence-corrected chi connectivity index (χ3v) is 15.5. The third kappa shape index (κ3) is 16.3. The van der Waals surface area contributed by atoms with Gasteiger partial charge in [0.1, 0.15) is 0 Å². The minimum absolute atomic E-state index is 0.236. The second kappa shape index (κ2) is 24.8. The summed E-state index contributed by atoms with van der Waals surface area (Å²) in [5.41, 5.74) is 43.6. The van der Waals surface area contributed by atoms with Gasteiger partial charge in [-0.15, -0.1) is 47.0 Å². The van der Waals surface area contributed by atoms with Crippen LogP contribution in [-0.4, -0.2) is 67.3 Å². The van der Waals surface area contributed by atoms with E-state index < -0.39 is 28.9 Å². The molecule has 18 N–H and O–H groups in total. The van der Waals surface area contributed by atoms with Gasteiger partial charge in [0, 0.05) is 60.6 Å². The maximum Gasteiger partial charge on any atom is 0.323 e. The largest absolute Gasteiger partial charge is 0.398 e. The molecule has 0 heterocycles. The van der Waals surface area contributed by atoms with E-state index in [-0.39, 0.29) is 10.8 Å². The standard InChI is InChI=1S/C51H78N12O3S4/c1-48(2,3)29-21-33(56)41(67-17-13-52)35(23-29)58-45(64)60-37-25-31(50(7,8)9)27-39(43(37)69-19-15-54)62-47(66)63-40-28-32(51(10,11)12)26-38(44(40)70-20-16-55)61-46(65)59-36-24-30(49(4,5)6)22-34(57)42(36)68-18-14-53/h21-28H,13-20,52-57H2,1-12H3,(H2,58,60,64)(H2,59,61,65)(H2,62,63,66). The number of thioether (sulfide) groups is 4. The predicted octanol–water partition coefficient (Wildman–Crippen LogP) is 11.2. The summed E-state index contributed by atoms with van der Waals surface area (Å²) in [4.78, 5) is 45.5. The molecule has 19 heteroatoms. The lowest BCUT2D eigenvalue weighted by atomic mass is 9.86. The van der Waals surface area contributed by atoms with Crippen LogP contribution in [0.2, 0.25) is 0 Å². The lowest BCUT2D eigenvalue weighted by Crippen LogP contribution is -2.25. The van der Waals surface area contributed by atoms with Crippen LogP contribution in [0.1, 0.15) is 105 Å². The zero-order chi connectivity index (χ0) is 52.4. The van der Waals surface area contributed by atoms with Gasteiger partial charge in [-0.05, 0) is 92.4 Å². The molecule has 0 bridgehead atoms. The van der Waals surface area contributed by atoms with E-state index in [1.165, 1.54) is 47.0 Å². The zero-order valence-corrected chi connectivity index (χ0v) is 46.4. The molecule has 0 aromatic heterocycles. The third-order valence-electron chi connectivity index (χ3n) is 10.8. The van der Waals surface area contributed by atoms with Gasteiger partial charge >= 0.3 is 18.1 Å². The molecule has 384 valence electrons. The summed E-state index contributed by atoms with van der Waals surface area (Å²) >= 11 is 5.79. The quantitative estimate of drug-likeness (QED) is 0.0327. The fourth-order valence-electron chi connectivity index (χ4n) is 6.95. The maximum absolute atomic E-state index is 14.5. The highest BCUT2D eigenvalue weighted by Gasteiger charge is 2.27. The maximum atomic E-state index is 14.5. The van der Waals surface area contributed by atoms with Crippen LogP contribution in [0.5, 0.6) is 0 Å². The fourth-order valence-corrected chi connectivity index (χ4v) is 10.3. The van der Waals surface area contributed by atoms with Gasteiger partial charge in [-0.1, -0.05) is 83.1 Å². The van der Waals surface area contributed by atoms with Crippen LogP contribution in [0.15, 0.2) is 68.1 Å². The van der Waals surface area contributed by atoms with Crippen molar-refractivity contribution in [2.24, 2.45) is 22.9 Å². The number of hydrogen-bond acceptors (Lipinski definition) is 13. The van der Waals surface area contributed by atoms with Gasteiger partial charge in [0.25, 0.3) is 0 Å². The van der Waals surface area contributed by atoms with Crippen molar-refractivity contribution in [3.63, 3.8) is 0 Å². The summed E-state index contributed by atoms with van der Waals surface area (Å²) in [6.07, 6.45) is 0. The lowest BCUT2D eigenvalue weighted by Gasteiger charge is -2.26. The van der Waals surface area contributed by atoms with E-state index in [0.717, 1.165) is 32.0 Å². The van der Waals surface area contributed by atoms with Crippen molar-refractivity contribution in [3.05, 3.63) is 70.8 Å². The van der Waals surface area contributed by atoms with Crippen LogP contribution < -0.4 is 66.3 Å². The van der Waals surface area contributed by atoms with Crippen molar-refractivity contribution < 1.29 is 14.4 Å². The first kappa shape index (κ1) is 58.1. The molecule has 0 unspecified atom stereocenters. The van der Waals surface area contributed by atoms with Gasteiger partial charge in [0.15, 0.2) is 0 Å². The Morgan fingerprint density at radius 3 is 0.743 bits per heavy atom. The van der Waals surface area contributed by atoms with Crippen LogP contribution in [0.3, 0.4) is 0 Å². The van der Waals surface area contributed by atoms with Gasteiger partial charge in [-0.3, -0.25) is 0 Å². The molecule has 6 amide bonds. The Bertz CT molecular complexity index is 2320. The van der Waals surface area contributed by atoms with Crippen LogP contribution in [0.4, 0.5) is 59.9 Å². The molecule has 4 rings (SSSR count). The molecule has 0 atom stereocenters. The van der Waals surface area contributed by atoms with E-state index in [2.05, 4.69) is 115 Å². The Morgan fingerprint density at radius 2 is 0.543 bits per heavy atom. The molecule has 70 heavy (non-hydrogen) atoms. The second-order valence-electron chi connectivity index (χ2n) is 21.0. The molecule has 0 saturated carbocycles. The normalized spacial score (nSPS) is 12.1. The van der Waals surface area contributed by atoms with Gasteiger partial charge in [-0.25, -0.2) is 14.4 Å². The summed E-state index contributed by atoms with van der Waals surface area (Å²) in [6, 6.07) is 14.0. The first-order chi connectivity index (χ1) is 32.6. The number of hydrogen-bond donors (Lipinski definition) is 12. The van der Waals surface area contributed by atoms with E-state index in [4.69, 9.17) is 34.4 Å². The average molecular weight is 1040 g/mol. The van der Waals surface area contributed by atoms with Gasteiger partial charge < -0.3 is 66.3 Å². The van der Waals surface area contributed by atoms with E-state index in [0.29, 0.717) is 104 Å². The molecule has 15 nitrogen and oxygen atoms in total. The molecule has 0 saturated heterocycles. The number of anilines is 8. The van der Waals surface area contributed by atoms with Gasteiger partial charge in [0.2, 0.25) is 0 Å². The molecule has 0 spiro atoms. The number of nitrogens with one attached hydrogen (secondary N) is 6. The Labute approximate surface area is 433 Å². The molecule has 0 fully saturated rings. The van der Waals surface area contributed by atoms with E-state index in [9.17, 15) is 14.4 Å². The minimum atomic E-state index is -0.542.